The van der Waals surface area contributed by atoms with Gasteiger partial charge in [-0.3, -0.25) is 9.80 Å². The maximum atomic E-state index is 13.5. The molecule has 0 bridgehead atoms. The normalized spacial score (nSPS) is 16.1. The molecule has 0 atom stereocenters. The first-order valence-electron chi connectivity index (χ1n) is 13.1. The Morgan fingerprint density at radius 2 is 1.61 bits per heavy atom. The Bertz CT molecular complexity index is 1290. The van der Waals surface area contributed by atoms with Gasteiger partial charge in [0, 0.05) is 67.2 Å². The first-order valence-corrected chi connectivity index (χ1v) is 13.8. The van der Waals surface area contributed by atoms with Crippen molar-refractivity contribution in [3.8, 4) is 17.2 Å². The summed E-state index contributed by atoms with van der Waals surface area (Å²) >= 11 is 12.3. The number of hydrogen-bond acceptors (Lipinski definition) is 4. The van der Waals surface area contributed by atoms with Crippen molar-refractivity contribution >= 4 is 40.6 Å². The van der Waals surface area contributed by atoms with E-state index in [1.54, 1.807) is 29.2 Å². The van der Waals surface area contributed by atoms with E-state index >= 15 is 0 Å². The van der Waals surface area contributed by atoms with Crippen LogP contribution in [0.5, 0.6) is 0 Å². The Hall–Kier alpha value is -3.08. The molecule has 38 heavy (non-hydrogen) atoms. The molecule has 8 heteroatoms. The third-order valence-corrected chi connectivity index (χ3v) is 7.62. The third-order valence-electron chi connectivity index (χ3n) is 7.18. The second kappa shape index (κ2) is 12.2. The van der Waals surface area contributed by atoms with Gasteiger partial charge in [-0.1, -0.05) is 47.5 Å². The van der Waals surface area contributed by atoms with E-state index in [0.717, 1.165) is 55.5 Å². The minimum Gasteiger partial charge on any atom is -0.307 e. The summed E-state index contributed by atoms with van der Waals surface area (Å²) in [5, 5.41) is 13.1. The number of nitriles is 1. The molecule has 1 N–H and O–H groups in total. The lowest BCUT2D eigenvalue weighted by molar-refractivity contribution is 0.131. The van der Waals surface area contributed by atoms with Crippen LogP contribution in [0.1, 0.15) is 18.4 Å². The SMILES string of the molecule is N#Cc1cccc(-c2ccc(N(CCN3CCN(CC4CC4)CC3)C(=O)Nc3cc(Cl)cc(Cl)c3)cc2)c1. The highest BCUT2D eigenvalue weighted by atomic mass is 35.5. The van der Waals surface area contributed by atoms with E-state index in [1.165, 1.54) is 19.4 Å². The molecule has 0 radical (unpaired) electrons. The van der Waals surface area contributed by atoms with Gasteiger partial charge in [0.25, 0.3) is 0 Å². The minimum absolute atomic E-state index is 0.241. The molecule has 1 aliphatic carbocycles. The fourth-order valence-electron chi connectivity index (χ4n) is 4.87. The number of halogens is 2. The molecule has 0 unspecified atom stereocenters. The summed E-state index contributed by atoms with van der Waals surface area (Å²) in [4.78, 5) is 20.3. The number of amides is 2. The molecule has 196 valence electrons. The number of benzene rings is 3. The Kier molecular flexibility index (Phi) is 8.51. The highest BCUT2D eigenvalue weighted by Gasteiger charge is 2.27. The van der Waals surface area contributed by atoms with E-state index < -0.39 is 0 Å². The fraction of sp³-hybridized carbons (Fsp3) is 0.333. The van der Waals surface area contributed by atoms with Crippen LogP contribution in [0.15, 0.2) is 66.7 Å². The van der Waals surface area contributed by atoms with E-state index in [4.69, 9.17) is 23.2 Å². The summed E-state index contributed by atoms with van der Waals surface area (Å²) in [6, 6.07) is 22.3. The van der Waals surface area contributed by atoms with Crippen molar-refractivity contribution in [1.29, 1.82) is 5.26 Å². The highest BCUT2D eigenvalue weighted by Crippen LogP contribution is 2.30. The van der Waals surface area contributed by atoms with Crippen molar-refractivity contribution in [3.63, 3.8) is 0 Å². The molecule has 0 aromatic heterocycles. The van der Waals surface area contributed by atoms with Crippen molar-refractivity contribution < 1.29 is 4.79 Å². The fourth-order valence-corrected chi connectivity index (χ4v) is 5.40. The van der Waals surface area contributed by atoms with Gasteiger partial charge in [-0.05, 0) is 72.4 Å². The molecule has 3 aromatic carbocycles. The minimum atomic E-state index is -0.241. The summed E-state index contributed by atoms with van der Waals surface area (Å²) < 4.78 is 0. The van der Waals surface area contributed by atoms with E-state index in [-0.39, 0.29) is 6.03 Å². The van der Waals surface area contributed by atoms with Crippen LogP contribution in [-0.2, 0) is 0 Å². The van der Waals surface area contributed by atoms with Crippen LogP contribution in [0.4, 0.5) is 16.2 Å². The summed E-state index contributed by atoms with van der Waals surface area (Å²) in [7, 11) is 0. The molecule has 6 nitrogen and oxygen atoms in total. The highest BCUT2D eigenvalue weighted by molar-refractivity contribution is 6.35. The van der Waals surface area contributed by atoms with Crippen LogP contribution in [0.25, 0.3) is 11.1 Å². The van der Waals surface area contributed by atoms with E-state index in [2.05, 4.69) is 21.2 Å². The average Bonchev–Trinajstić information content (AvgIpc) is 3.73. The lowest BCUT2D eigenvalue weighted by Crippen LogP contribution is -2.49. The van der Waals surface area contributed by atoms with Gasteiger partial charge >= 0.3 is 6.03 Å². The van der Waals surface area contributed by atoms with Crippen molar-refractivity contribution in [1.82, 2.24) is 9.80 Å². The number of hydrogen-bond donors (Lipinski definition) is 1. The van der Waals surface area contributed by atoms with Crippen LogP contribution < -0.4 is 10.2 Å². The van der Waals surface area contributed by atoms with E-state index in [0.29, 0.717) is 27.8 Å². The summed E-state index contributed by atoms with van der Waals surface area (Å²) in [6.07, 6.45) is 2.76. The average molecular weight is 549 g/mol. The molecule has 1 heterocycles. The van der Waals surface area contributed by atoms with Gasteiger partial charge < -0.3 is 10.2 Å². The molecule has 0 spiro atoms. The van der Waals surface area contributed by atoms with Gasteiger partial charge in [0.15, 0.2) is 0 Å². The lowest BCUT2D eigenvalue weighted by Gasteiger charge is -2.36. The zero-order valence-corrected chi connectivity index (χ0v) is 22.8. The second-order valence-corrected chi connectivity index (χ2v) is 10.9. The molecule has 2 aliphatic rings. The summed E-state index contributed by atoms with van der Waals surface area (Å²) in [6.45, 7) is 6.76. The molecular weight excluding hydrogens is 517 g/mol. The molecule has 1 saturated carbocycles. The van der Waals surface area contributed by atoms with Gasteiger partial charge in [0.2, 0.25) is 0 Å². The van der Waals surface area contributed by atoms with Crippen molar-refractivity contribution in [2.75, 3.05) is 56.0 Å². The third kappa shape index (κ3) is 7.06. The quantitative estimate of drug-likeness (QED) is 0.345. The molecule has 2 fully saturated rings. The molecule has 2 amide bonds. The number of urea groups is 1. The van der Waals surface area contributed by atoms with Gasteiger partial charge in [-0.2, -0.15) is 5.26 Å². The van der Waals surface area contributed by atoms with Gasteiger partial charge in [0.1, 0.15) is 0 Å². The zero-order chi connectivity index (χ0) is 26.5. The van der Waals surface area contributed by atoms with E-state index in [1.807, 2.05) is 42.5 Å². The molecule has 1 aliphatic heterocycles. The first-order chi connectivity index (χ1) is 18.5. The number of rotatable bonds is 8. The summed E-state index contributed by atoms with van der Waals surface area (Å²) in [5.74, 6) is 0.908. The van der Waals surface area contributed by atoms with Crippen molar-refractivity contribution in [3.05, 3.63) is 82.3 Å². The van der Waals surface area contributed by atoms with Crippen LogP contribution >= 0.6 is 23.2 Å². The predicted molar refractivity (Wildman–Crippen MR) is 155 cm³/mol. The number of nitrogens with one attached hydrogen (secondary N) is 1. The first kappa shape index (κ1) is 26.5. The van der Waals surface area contributed by atoms with Gasteiger partial charge in [-0.15, -0.1) is 0 Å². The lowest BCUT2D eigenvalue weighted by atomic mass is 10.0. The topological polar surface area (TPSA) is 62.6 Å². The largest absolute Gasteiger partial charge is 0.326 e. The molecule has 5 rings (SSSR count). The standard InChI is InChI=1S/C30H31Cl2N5O/c31-26-17-27(32)19-28(18-26)34-30(38)37(15-14-35-10-12-36(13-11-35)21-22-4-5-22)29-8-6-24(7-9-29)25-3-1-2-23(16-25)20-33/h1-3,6-9,16-19,22H,4-5,10-15,21H2,(H,34,38). The Balaban J connectivity index is 1.30. The van der Waals surface area contributed by atoms with Crippen molar-refractivity contribution in [2.24, 2.45) is 5.92 Å². The van der Waals surface area contributed by atoms with E-state index in [9.17, 15) is 10.1 Å². The number of anilines is 2. The number of piperazine rings is 1. The maximum Gasteiger partial charge on any atom is 0.326 e. The van der Waals surface area contributed by atoms with Crippen molar-refractivity contribution in [2.45, 2.75) is 12.8 Å². The Labute approximate surface area is 234 Å². The Morgan fingerprint density at radius 3 is 2.26 bits per heavy atom. The number of nitrogens with zero attached hydrogens (tertiary/aromatic N) is 4. The Morgan fingerprint density at radius 1 is 0.921 bits per heavy atom. The van der Waals surface area contributed by atoms with Gasteiger partial charge in [-0.25, -0.2) is 4.79 Å². The second-order valence-electron chi connectivity index (χ2n) is 10.1. The van der Waals surface area contributed by atoms with Gasteiger partial charge in [0.05, 0.1) is 11.6 Å². The molecular formula is C30H31Cl2N5O. The number of carbonyl (C=O) groups is 1. The van der Waals surface area contributed by atoms with Crippen LogP contribution in [0.3, 0.4) is 0 Å². The van der Waals surface area contributed by atoms with Crippen LogP contribution in [0.2, 0.25) is 10.0 Å². The van der Waals surface area contributed by atoms with Crippen LogP contribution in [-0.4, -0.2) is 61.6 Å². The summed E-state index contributed by atoms with van der Waals surface area (Å²) in [5.41, 5.74) is 3.91. The molecule has 1 saturated heterocycles. The number of carbonyl (C=O) groups excluding carboxylic acids is 1. The maximum absolute atomic E-state index is 13.5. The van der Waals surface area contributed by atoms with Crippen LogP contribution in [0, 0.1) is 17.2 Å². The molecule has 3 aromatic rings. The monoisotopic (exact) mass is 547 g/mol. The zero-order valence-electron chi connectivity index (χ0n) is 21.2. The predicted octanol–water partition coefficient (Wildman–Crippen LogP) is 6.60. The smallest absolute Gasteiger partial charge is 0.307 e.